The summed E-state index contributed by atoms with van der Waals surface area (Å²) in [5.74, 6) is -0.269. The molecule has 3 N–H and O–H groups in total. The molecule has 0 spiro atoms. The molecule has 0 amide bonds. The number of hydrogen-bond acceptors (Lipinski definition) is 7. The van der Waals surface area contributed by atoms with Crippen LogP contribution >= 0.6 is 11.6 Å². The first kappa shape index (κ1) is 20.6. The minimum absolute atomic E-state index is 0.117. The van der Waals surface area contributed by atoms with Crippen molar-refractivity contribution in [3.63, 3.8) is 0 Å². The van der Waals surface area contributed by atoms with Crippen LogP contribution in [0.2, 0.25) is 5.02 Å². The lowest BCUT2D eigenvalue weighted by Crippen LogP contribution is -2.11. The molecule has 1 heterocycles. The Morgan fingerprint density at radius 2 is 1.83 bits per heavy atom. The summed E-state index contributed by atoms with van der Waals surface area (Å²) in [6.45, 7) is 0. The average Bonchev–Trinajstić information content (AvgIpc) is 2.66. The highest BCUT2D eigenvalue weighted by Gasteiger charge is 2.12. The molecule has 1 aromatic heterocycles. The number of sulfonamides is 1. The van der Waals surface area contributed by atoms with Crippen LogP contribution in [0.15, 0.2) is 48.7 Å². The summed E-state index contributed by atoms with van der Waals surface area (Å²) in [6.07, 6.45) is 2.02. The van der Waals surface area contributed by atoms with Gasteiger partial charge in [0.15, 0.2) is 11.6 Å². The van der Waals surface area contributed by atoms with E-state index in [9.17, 15) is 12.8 Å². The molecule has 3 aromatic rings. The number of rotatable bonds is 7. The maximum absolute atomic E-state index is 14.2. The molecule has 0 fully saturated rings. The van der Waals surface area contributed by atoms with Gasteiger partial charge in [0.05, 0.1) is 36.0 Å². The van der Waals surface area contributed by atoms with Gasteiger partial charge in [-0.2, -0.15) is 4.98 Å². The second-order valence-corrected chi connectivity index (χ2v) is 8.06. The molecule has 0 saturated heterocycles. The van der Waals surface area contributed by atoms with Crippen LogP contribution in [0.4, 0.5) is 33.2 Å². The van der Waals surface area contributed by atoms with Gasteiger partial charge < -0.3 is 15.4 Å². The fourth-order valence-electron chi connectivity index (χ4n) is 2.39. The topological polar surface area (TPSA) is 105 Å². The summed E-state index contributed by atoms with van der Waals surface area (Å²) in [5.41, 5.74) is 1.17. The Kier molecular flexibility index (Phi) is 6.04. The quantitative estimate of drug-likeness (QED) is 0.510. The molecule has 152 valence electrons. The normalized spacial score (nSPS) is 11.0. The van der Waals surface area contributed by atoms with Crippen LogP contribution in [0, 0.1) is 5.82 Å². The summed E-state index contributed by atoms with van der Waals surface area (Å²) < 4.78 is 44.8. The molecular weight excluding hydrogens is 421 g/mol. The summed E-state index contributed by atoms with van der Waals surface area (Å²) >= 11 is 6.00. The SMILES string of the molecule is COc1cc(Nc2ncc(F)c(Nc3ccccc3NS(C)(=O)=O)n2)ccc1Cl. The van der Waals surface area contributed by atoms with Gasteiger partial charge in [-0.05, 0) is 24.3 Å². The van der Waals surface area contributed by atoms with Crippen molar-refractivity contribution in [2.75, 3.05) is 28.7 Å². The number of anilines is 5. The summed E-state index contributed by atoms with van der Waals surface area (Å²) in [5, 5.41) is 6.16. The Morgan fingerprint density at radius 1 is 1.10 bits per heavy atom. The number of ether oxygens (including phenoxy) is 1. The van der Waals surface area contributed by atoms with Gasteiger partial charge in [-0.15, -0.1) is 0 Å². The number of halogens is 2. The van der Waals surface area contributed by atoms with Crippen molar-refractivity contribution in [2.45, 2.75) is 0 Å². The Morgan fingerprint density at radius 3 is 2.52 bits per heavy atom. The molecule has 2 aromatic carbocycles. The highest BCUT2D eigenvalue weighted by Crippen LogP contribution is 2.30. The van der Waals surface area contributed by atoms with Crippen molar-refractivity contribution in [1.82, 2.24) is 9.97 Å². The molecule has 0 unspecified atom stereocenters. The van der Waals surface area contributed by atoms with Crippen molar-refractivity contribution < 1.29 is 17.5 Å². The number of aromatic nitrogens is 2. The smallest absolute Gasteiger partial charge is 0.229 e. The maximum atomic E-state index is 14.2. The van der Waals surface area contributed by atoms with Gasteiger partial charge in [0.1, 0.15) is 5.75 Å². The third-order valence-corrected chi connectivity index (χ3v) is 4.53. The molecular formula is C18H17ClFN5O3S. The van der Waals surface area contributed by atoms with E-state index in [2.05, 4.69) is 25.3 Å². The second kappa shape index (κ2) is 8.50. The van der Waals surface area contributed by atoms with Crippen molar-refractivity contribution in [1.29, 1.82) is 0 Å². The number of nitrogens with zero attached hydrogens (tertiary/aromatic N) is 2. The minimum Gasteiger partial charge on any atom is -0.495 e. The van der Waals surface area contributed by atoms with E-state index in [1.54, 1.807) is 42.5 Å². The minimum atomic E-state index is -3.51. The lowest BCUT2D eigenvalue weighted by atomic mass is 10.2. The van der Waals surface area contributed by atoms with Crippen molar-refractivity contribution in [3.05, 3.63) is 59.5 Å². The van der Waals surface area contributed by atoms with Crippen molar-refractivity contribution in [3.8, 4) is 5.75 Å². The molecule has 0 aliphatic heterocycles. The van der Waals surface area contributed by atoms with Gasteiger partial charge in [0, 0.05) is 11.8 Å². The van der Waals surface area contributed by atoms with Crippen molar-refractivity contribution >= 4 is 50.5 Å². The number of nitrogens with one attached hydrogen (secondary N) is 3. The van der Waals surface area contributed by atoms with Gasteiger partial charge in [-0.3, -0.25) is 4.72 Å². The van der Waals surface area contributed by atoms with E-state index < -0.39 is 15.8 Å². The van der Waals surface area contributed by atoms with E-state index in [0.29, 0.717) is 22.1 Å². The lowest BCUT2D eigenvalue weighted by Gasteiger charge is -2.14. The second-order valence-electron chi connectivity index (χ2n) is 5.91. The fourth-order valence-corrected chi connectivity index (χ4v) is 3.16. The van der Waals surface area contributed by atoms with Gasteiger partial charge in [-0.25, -0.2) is 17.8 Å². The zero-order valence-electron chi connectivity index (χ0n) is 15.4. The van der Waals surface area contributed by atoms with Gasteiger partial charge in [0.25, 0.3) is 0 Å². The Balaban J connectivity index is 1.87. The third kappa shape index (κ3) is 5.46. The van der Waals surface area contributed by atoms with Gasteiger partial charge in [-0.1, -0.05) is 23.7 Å². The standard InChI is InChI=1S/C18H17ClFN5O3S/c1-28-16-9-11(7-8-12(16)19)22-18-21-10-13(20)17(24-18)23-14-5-3-4-6-15(14)25-29(2,26)27/h3-10,25H,1-2H3,(H2,21,22,23,24). The fraction of sp³-hybridized carbons (Fsp3) is 0.111. The molecule has 0 bridgehead atoms. The number of para-hydroxylation sites is 2. The summed E-state index contributed by atoms with van der Waals surface area (Å²) in [6, 6.07) is 11.4. The first-order valence-corrected chi connectivity index (χ1v) is 10.5. The Bertz CT molecular complexity index is 1140. The van der Waals surface area contributed by atoms with E-state index in [4.69, 9.17) is 16.3 Å². The van der Waals surface area contributed by atoms with E-state index in [0.717, 1.165) is 12.5 Å². The first-order chi connectivity index (χ1) is 13.7. The van der Waals surface area contributed by atoms with Crippen LogP contribution in [0.3, 0.4) is 0 Å². The molecule has 0 aliphatic rings. The summed E-state index contributed by atoms with van der Waals surface area (Å²) in [4.78, 5) is 8.03. The molecule has 8 nitrogen and oxygen atoms in total. The lowest BCUT2D eigenvalue weighted by molar-refractivity contribution is 0.415. The molecule has 11 heteroatoms. The number of hydrogen-bond donors (Lipinski definition) is 3. The highest BCUT2D eigenvalue weighted by molar-refractivity contribution is 7.92. The van der Waals surface area contributed by atoms with Crippen LogP contribution in [-0.2, 0) is 10.0 Å². The molecule has 0 atom stereocenters. The largest absolute Gasteiger partial charge is 0.495 e. The number of methoxy groups -OCH3 is 1. The maximum Gasteiger partial charge on any atom is 0.229 e. The van der Waals surface area contributed by atoms with Crippen molar-refractivity contribution in [2.24, 2.45) is 0 Å². The van der Waals surface area contributed by atoms with E-state index in [1.807, 2.05) is 0 Å². The van der Waals surface area contributed by atoms with Crippen LogP contribution in [0.5, 0.6) is 5.75 Å². The zero-order chi connectivity index (χ0) is 21.0. The molecule has 0 radical (unpaired) electrons. The summed E-state index contributed by atoms with van der Waals surface area (Å²) in [7, 11) is -2.02. The number of benzene rings is 2. The zero-order valence-corrected chi connectivity index (χ0v) is 17.0. The van der Waals surface area contributed by atoms with E-state index in [-0.39, 0.29) is 17.5 Å². The molecule has 3 rings (SSSR count). The highest BCUT2D eigenvalue weighted by atomic mass is 35.5. The molecule has 0 saturated carbocycles. The van der Waals surface area contributed by atoms with E-state index >= 15 is 0 Å². The van der Waals surface area contributed by atoms with Gasteiger partial charge >= 0.3 is 0 Å². The monoisotopic (exact) mass is 437 g/mol. The predicted molar refractivity (Wildman–Crippen MR) is 111 cm³/mol. The molecule has 0 aliphatic carbocycles. The van der Waals surface area contributed by atoms with Crippen LogP contribution in [0.25, 0.3) is 0 Å². The average molecular weight is 438 g/mol. The van der Waals surface area contributed by atoms with Crippen LogP contribution in [0.1, 0.15) is 0 Å². The Labute approximate surface area is 172 Å². The predicted octanol–water partition coefficient (Wildman–Crippen LogP) is 4.14. The Hall–Kier alpha value is -3.11. The molecule has 29 heavy (non-hydrogen) atoms. The van der Waals surface area contributed by atoms with Crippen LogP contribution < -0.4 is 20.1 Å². The third-order valence-electron chi connectivity index (χ3n) is 3.63. The van der Waals surface area contributed by atoms with E-state index in [1.165, 1.54) is 7.11 Å². The van der Waals surface area contributed by atoms with Gasteiger partial charge in [0.2, 0.25) is 16.0 Å². The first-order valence-electron chi connectivity index (χ1n) is 8.22. The van der Waals surface area contributed by atoms with Crippen LogP contribution in [-0.4, -0.2) is 31.8 Å².